The molecule has 0 heterocycles. The molecule has 0 aliphatic heterocycles. The van der Waals surface area contributed by atoms with Gasteiger partial charge in [-0.25, -0.2) is 0 Å². The Bertz CT molecular complexity index is 365. The van der Waals surface area contributed by atoms with Crippen molar-refractivity contribution in [3.05, 3.63) is 35.4 Å². The van der Waals surface area contributed by atoms with Crippen LogP contribution in [0.1, 0.15) is 36.9 Å². The van der Waals surface area contributed by atoms with Crippen LogP contribution in [-0.4, -0.2) is 18.3 Å². The highest BCUT2D eigenvalue weighted by Crippen LogP contribution is 2.30. The lowest BCUT2D eigenvalue weighted by Gasteiger charge is -2.16. The maximum atomic E-state index is 12.5. The molecular weight excluding hydrogens is 243 g/mol. The maximum Gasteiger partial charge on any atom is 0.416 e. The molecule has 0 aliphatic rings. The number of halogens is 3. The van der Waals surface area contributed by atoms with E-state index < -0.39 is 11.7 Å². The van der Waals surface area contributed by atoms with Gasteiger partial charge in [0.15, 0.2) is 0 Å². The fraction of sp³-hybridized carbons (Fsp3) is 0.538. The van der Waals surface area contributed by atoms with Gasteiger partial charge in [-0.05, 0) is 44.0 Å². The second kappa shape index (κ2) is 6.75. The number of rotatable bonds is 6. The molecule has 102 valence electrons. The Morgan fingerprint density at radius 2 is 2.00 bits per heavy atom. The molecule has 1 rings (SSSR count). The lowest BCUT2D eigenvalue weighted by molar-refractivity contribution is -0.137. The molecule has 1 atom stereocenters. The molecule has 0 fully saturated rings. The summed E-state index contributed by atoms with van der Waals surface area (Å²) in [5.74, 6) is 0. The van der Waals surface area contributed by atoms with Gasteiger partial charge in [-0.15, -0.1) is 0 Å². The maximum absolute atomic E-state index is 12.5. The molecule has 0 saturated carbocycles. The van der Waals surface area contributed by atoms with Crippen molar-refractivity contribution in [2.24, 2.45) is 0 Å². The van der Waals surface area contributed by atoms with Crippen molar-refractivity contribution in [2.45, 2.75) is 32.0 Å². The van der Waals surface area contributed by atoms with Crippen molar-refractivity contribution >= 4 is 0 Å². The van der Waals surface area contributed by atoms with Gasteiger partial charge in [0.25, 0.3) is 0 Å². The highest BCUT2D eigenvalue weighted by atomic mass is 19.4. The summed E-state index contributed by atoms with van der Waals surface area (Å²) in [5, 5.41) is 11.8. The molecule has 0 saturated heterocycles. The molecule has 2 N–H and O–H groups in total. The van der Waals surface area contributed by atoms with E-state index in [9.17, 15) is 13.2 Å². The molecule has 1 aromatic carbocycles. The predicted molar refractivity (Wildman–Crippen MR) is 64.2 cm³/mol. The Hall–Kier alpha value is -1.07. The Kier molecular flexibility index (Phi) is 5.62. The van der Waals surface area contributed by atoms with Crippen molar-refractivity contribution in [3.63, 3.8) is 0 Å². The van der Waals surface area contributed by atoms with Gasteiger partial charge in [-0.1, -0.05) is 12.1 Å². The summed E-state index contributed by atoms with van der Waals surface area (Å²) >= 11 is 0. The van der Waals surface area contributed by atoms with Crippen molar-refractivity contribution in [3.8, 4) is 0 Å². The van der Waals surface area contributed by atoms with Crippen LogP contribution in [0, 0.1) is 0 Å². The second-order valence-electron chi connectivity index (χ2n) is 4.23. The average molecular weight is 261 g/mol. The highest BCUT2D eigenvalue weighted by Gasteiger charge is 2.30. The van der Waals surface area contributed by atoms with E-state index in [1.54, 1.807) is 6.07 Å². The van der Waals surface area contributed by atoms with Crippen LogP contribution in [0.15, 0.2) is 24.3 Å². The number of aliphatic hydroxyl groups excluding tert-OH is 1. The van der Waals surface area contributed by atoms with Crippen LogP contribution < -0.4 is 5.32 Å². The lowest BCUT2D eigenvalue weighted by Crippen LogP contribution is -2.20. The van der Waals surface area contributed by atoms with Gasteiger partial charge < -0.3 is 10.4 Å². The molecule has 0 aliphatic carbocycles. The van der Waals surface area contributed by atoms with Crippen LogP contribution in [0.5, 0.6) is 0 Å². The Labute approximate surface area is 105 Å². The highest BCUT2D eigenvalue weighted by molar-refractivity contribution is 5.27. The van der Waals surface area contributed by atoms with Crippen LogP contribution in [0.25, 0.3) is 0 Å². The zero-order valence-corrected chi connectivity index (χ0v) is 10.3. The molecule has 0 spiro atoms. The summed E-state index contributed by atoms with van der Waals surface area (Å²) < 4.78 is 37.6. The number of hydrogen-bond acceptors (Lipinski definition) is 2. The summed E-state index contributed by atoms with van der Waals surface area (Å²) in [6, 6.07) is 5.21. The standard InChI is InChI=1S/C13H18F3NO/c1-10(17-7-2-3-8-18)11-5-4-6-12(9-11)13(14,15)16/h4-6,9-10,17-18H,2-3,7-8H2,1H3. The van der Waals surface area contributed by atoms with Gasteiger partial charge in [-0.2, -0.15) is 13.2 Å². The first-order valence-corrected chi connectivity index (χ1v) is 5.96. The first kappa shape index (κ1) is 15.0. The van der Waals surface area contributed by atoms with Gasteiger partial charge in [0, 0.05) is 12.6 Å². The SMILES string of the molecule is CC(NCCCCO)c1cccc(C(F)(F)F)c1. The zero-order chi connectivity index (χ0) is 13.6. The van der Waals surface area contributed by atoms with Crippen molar-refractivity contribution in [2.75, 3.05) is 13.2 Å². The van der Waals surface area contributed by atoms with E-state index in [0.717, 1.165) is 12.5 Å². The van der Waals surface area contributed by atoms with E-state index in [2.05, 4.69) is 5.32 Å². The van der Waals surface area contributed by atoms with Crippen molar-refractivity contribution in [1.82, 2.24) is 5.32 Å². The number of nitrogens with one attached hydrogen (secondary N) is 1. The summed E-state index contributed by atoms with van der Waals surface area (Å²) in [6.07, 6.45) is -2.80. The number of benzene rings is 1. The van der Waals surface area contributed by atoms with Crippen molar-refractivity contribution in [1.29, 1.82) is 0 Å². The fourth-order valence-corrected chi connectivity index (χ4v) is 1.66. The lowest BCUT2D eigenvalue weighted by atomic mass is 10.0. The van der Waals surface area contributed by atoms with Gasteiger partial charge in [0.1, 0.15) is 0 Å². The topological polar surface area (TPSA) is 32.3 Å². The molecule has 0 amide bonds. The van der Waals surface area contributed by atoms with E-state index >= 15 is 0 Å². The monoisotopic (exact) mass is 261 g/mol. The molecule has 2 nitrogen and oxygen atoms in total. The minimum absolute atomic E-state index is 0.133. The molecular formula is C13H18F3NO. The number of alkyl halides is 3. The smallest absolute Gasteiger partial charge is 0.396 e. The average Bonchev–Trinajstić information content (AvgIpc) is 2.33. The third-order valence-electron chi connectivity index (χ3n) is 2.75. The third kappa shape index (κ3) is 4.66. The van der Waals surface area contributed by atoms with Crippen LogP contribution >= 0.6 is 0 Å². The first-order valence-electron chi connectivity index (χ1n) is 5.96. The van der Waals surface area contributed by atoms with E-state index in [4.69, 9.17) is 5.11 Å². The molecule has 1 aromatic rings. The molecule has 1 unspecified atom stereocenters. The van der Waals surface area contributed by atoms with Crippen molar-refractivity contribution < 1.29 is 18.3 Å². The zero-order valence-electron chi connectivity index (χ0n) is 10.3. The summed E-state index contributed by atoms with van der Waals surface area (Å²) in [5.41, 5.74) is -0.00201. The van der Waals surface area contributed by atoms with E-state index in [1.807, 2.05) is 6.92 Å². The molecule has 0 aromatic heterocycles. The normalized spacial score (nSPS) is 13.6. The van der Waals surface area contributed by atoms with Gasteiger partial charge in [-0.3, -0.25) is 0 Å². The van der Waals surface area contributed by atoms with E-state index in [0.29, 0.717) is 18.5 Å². The minimum Gasteiger partial charge on any atom is -0.396 e. The molecule has 5 heteroatoms. The Morgan fingerprint density at radius 1 is 1.28 bits per heavy atom. The number of unbranched alkanes of at least 4 members (excludes halogenated alkanes) is 1. The van der Waals surface area contributed by atoms with Gasteiger partial charge >= 0.3 is 6.18 Å². The largest absolute Gasteiger partial charge is 0.416 e. The van der Waals surface area contributed by atoms with E-state index in [-0.39, 0.29) is 12.6 Å². The molecule has 0 radical (unpaired) electrons. The second-order valence-corrected chi connectivity index (χ2v) is 4.23. The Morgan fingerprint density at radius 3 is 2.61 bits per heavy atom. The van der Waals surface area contributed by atoms with Gasteiger partial charge in [0.2, 0.25) is 0 Å². The number of hydrogen-bond donors (Lipinski definition) is 2. The Balaban J connectivity index is 2.60. The van der Waals surface area contributed by atoms with Crippen LogP contribution in [-0.2, 0) is 6.18 Å². The minimum atomic E-state index is -4.30. The first-order chi connectivity index (χ1) is 8.45. The quantitative estimate of drug-likeness (QED) is 0.771. The number of aliphatic hydroxyl groups is 1. The summed E-state index contributed by atoms with van der Waals surface area (Å²) in [4.78, 5) is 0. The van der Waals surface area contributed by atoms with E-state index in [1.165, 1.54) is 12.1 Å². The van der Waals surface area contributed by atoms with Crippen LogP contribution in [0.2, 0.25) is 0 Å². The van der Waals surface area contributed by atoms with Gasteiger partial charge in [0.05, 0.1) is 5.56 Å². The summed E-state index contributed by atoms with van der Waals surface area (Å²) in [6.45, 7) is 2.64. The fourth-order valence-electron chi connectivity index (χ4n) is 1.66. The summed E-state index contributed by atoms with van der Waals surface area (Å²) in [7, 11) is 0. The van der Waals surface area contributed by atoms with Crippen LogP contribution in [0.3, 0.4) is 0 Å². The molecule has 18 heavy (non-hydrogen) atoms. The predicted octanol–water partition coefficient (Wildman–Crippen LogP) is 3.13. The third-order valence-corrected chi connectivity index (χ3v) is 2.75. The molecule has 0 bridgehead atoms. The van der Waals surface area contributed by atoms with Crippen LogP contribution in [0.4, 0.5) is 13.2 Å².